The number of unbranched alkanes of at least 4 members (excludes halogenated alkanes) is 28. The predicted molar refractivity (Wildman–Crippen MR) is 261 cm³/mol. The summed E-state index contributed by atoms with van der Waals surface area (Å²) in [6.07, 6.45) is 59.5. The van der Waals surface area contributed by atoms with E-state index in [9.17, 15) is 14.4 Å². The number of esters is 3. The number of carbonyl (C=O) groups is 3. The third kappa shape index (κ3) is 48.3. The quantitative estimate of drug-likeness (QED) is 0.0263. The number of carbonyl (C=O) groups excluding carboxylic acids is 3. The van der Waals surface area contributed by atoms with E-state index >= 15 is 0 Å². The van der Waals surface area contributed by atoms with Crippen molar-refractivity contribution in [3.05, 3.63) is 48.6 Å². The number of hydrogen-bond donors (Lipinski definition) is 0. The van der Waals surface area contributed by atoms with E-state index < -0.39 is 6.10 Å². The summed E-state index contributed by atoms with van der Waals surface area (Å²) in [6, 6.07) is 0. The van der Waals surface area contributed by atoms with Gasteiger partial charge >= 0.3 is 17.9 Å². The van der Waals surface area contributed by atoms with Gasteiger partial charge in [-0.2, -0.15) is 0 Å². The molecule has 0 saturated carbocycles. The zero-order valence-electron chi connectivity index (χ0n) is 40.4. The number of hydrogen-bond acceptors (Lipinski definition) is 6. The number of allylic oxidation sites excluding steroid dienone is 8. The Kier molecular flexibility index (Phi) is 47.9. The first-order valence-corrected chi connectivity index (χ1v) is 26.1. The maximum Gasteiger partial charge on any atom is 0.306 e. The summed E-state index contributed by atoms with van der Waals surface area (Å²) in [7, 11) is 0. The molecule has 0 spiro atoms. The van der Waals surface area contributed by atoms with E-state index in [1.807, 2.05) is 0 Å². The second-order valence-corrected chi connectivity index (χ2v) is 17.4. The lowest BCUT2D eigenvalue weighted by molar-refractivity contribution is -0.167. The van der Waals surface area contributed by atoms with Gasteiger partial charge in [0, 0.05) is 19.3 Å². The molecule has 0 aliphatic heterocycles. The molecule has 0 aromatic carbocycles. The lowest BCUT2D eigenvalue weighted by atomic mass is 10.1. The van der Waals surface area contributed by atoms with Crippen molar-refractivity contribution in [2.75, 3.05) is 13.2 Å². The lowest BCUT2D eigenvalue weighted by Crippen LogP contribution is -2.30. The molecule has 0 aliphatic carbocycles. The van der Waals surface area contributed by atoms with Crippen LogP contribution in [0.4, 0.5) is 0 Å². The molecule has 0 aromatic heterocycles. The Labute approximate surface area is 378 Å². The van der Waals surface area contributed by atoms with Crippen LogP contribution in [-0.4, -0.2) is 37.2 Å². The fraction of sp³-hybridized carbons (Fsp3) is 0.800. The van der Waals surface area contributed by atoms with E-state index in [0.717, 1.165) is 96.3 Å². The summed E-state index contributed by atoms with van der Waals surface area (Å²) in [6.45, 7) is 6.58. The zero-order chi connectivity index (χ0) is 44.4. The molecule has 0 heterocycles. The van der Waals surface area contributed by atoms with Gasteiger partial charge < -0.3 is 14.2 Å². The van der Waals surface area contributed by atoms with Crippen molar-refractivity contribution in [3.8, 4) is 0 Å². The summed E-state index contributed by atoms with van der Waals surface area (Å²) in [5, 5.41) is 0. The third-order valence-electron chi connectivity index (χ3n) is 11.3. The minimum absolute atomic E-state index is 0.0818. The summed E-state index contributed by atoms with van der Waals surface area (Å²) in [4.78, 5) is 37.9. The van der Waals surface area contributed by atoms with Crippen molar-refractivity contribution in [2.24, 2.45) is 0 Å². The standard InChI is InChI=1S/C55H98O6/c1-4-7-10-13-16-19-22-24-26-28-30-31-33-36-39-42-45-48-54(57)60-51-52(50-59-53(56)47-44-41-38-35-21-18-15-12-9-6-3)61-55(58)49-46-43-40-37-34-32-29-27-25-23-20-17-14-11-8-5-2/h16,19,24,26-27,29-31,52H,4-15,17-18,20-23,25,28,32-51H2,1-3H3/b19-16-,26-24-,29-27-,31-30-/t52-/m1/s1. The van der Waals surface area contributed by atoms with Crippen molar-refractivity contribution >= 4 is 17.9 Å². The first kappa shape index (κ1) is 58.4. The highest BCUT2D eigenvalue weighted by Gasteiger charge is 2.19. The molecule has 61 heavy (non-hydrogen) atoms. The van der Waals surface area contributed by atoms with Crippen LogP contribution in [0.5, 0.6) is 0 Å². The van der Waals surface area contributed by atoms with Gasteiger partial charge in [-0.1, -0.05) is 211 Å². The smallest absolute Gasteiger partial charge is 0.306 e. The van der Waals surface area contributed by atoms with Crippen molar-refractivity contribution in [3.63, 3.8) is 0 Å². The van der Waals surface area contributed by atoms with Crippen molar-refractivity contribution in [2.45, 2.75) is 271 Å². The minimum Gasteiger partial charge on any atom is -0.462 e. The average molecular weight is 855 g/mol. The van der Waals surface area contributed by atoms with E-state index in [2.05, 4.69) is 69.4 Å². The fourth-order valence-electron chi connectivity index (χ4n) is 7.33. The van der Waals surface area contributed by atoms with Crippen LogP contribution in [0.1, 0.15) is 265 Å². The topological polar surface area (TPSA) is 78.9 Å². The van der Waals surface area contributed by atoms with Crippen LogP contribution in [0.25, 0.3) is 0 Å². The molecule has 0 N–H and O–H groups in total. The number of ether oxygens (including phenoxy) is 3. The second-order valence-electron chi connectivity index (χ2n) is 17.4. The molecule has 6 nitrogen and oxygen atoms in total. The van der Waals surface area contributed by atoms with Gasteiger partial charge in [-0.05, 0) is 83.5 Å². The molecule has 6 heteroatoms. The Balaban J connectivity index is 4.39. The Morgan fingerprint density at radius 1 is 0.328 bits per heavy atom. The molecule has 0 rings (SSSR count). The molecule has 0 unspecified atom stereocenters. The Morgan fingerprint density at radius 3 is 0.967 bits per heavy atom. The van der Waals surface area contributed by atoms with Crippen molar-refractivity contribution in [1.29, 1.82) is 0 Å². The molecular weight excluding hydrogens is 757 g/mol. The molecule has 0 fully saturated rings. The van der Waals surface area contributed by atoms with Crippen LogP contribution in [0.3, 0.4) is 0 Å². The largest absolute Gasteiger partial charge is 0.462 e. The fourth-order valence-corrected chi connectivity index (χ4v) is 7.33. The second kappa shape index (κ2) is 50.0. The first-order valence-electron chi connectivity index (χ1n) is 26.1. The van der Waals surface area contributed by atoms with Gasteiger partial charge in [0.2, 0.25) is 0 Å². The van der Waals surface area contributed by atoms with Crippen LogP contribution >= 0.6 is 0 Å². The third-order valence-corrected chi connectivity index (χ3v) is 11.3. The van der Waals surface area contributed by atoms with Gasteiger partial charge in [0.1, 0.15) is 13.2 Å². The van der Waals surface area contributed by atoms with E-state index in [0.29, 0.717) is 19.3 Å². The molecule has 0 saturated heterocycles. The predicted octanol–water partition coefficient (Wildman–Crippen LogP) is 17.1. The Bertz CT molecular complexity index is 1070. The summed E-state index contributed by atoms with van der Waals surface area (Å²) < 4.78 is 16.8. The highest BCUT2D eigenvalue weighted by atomic mass is 16.6. The van der Waals surface area contributed by atoms with Gasteiger partial charge in [-0.15, -0.1) is 0 Å². The first-order chi connectivity index (χ1) is 30.0. The van der Waals surface area contributed by atoms with Gasteiger partial charge in [-0.3, -0.25) is 14.4 Å². The molecule has 354 valence electrons. The maximum atomic E-state index is 12.8. The van der Waals surface area contributed by atoms with E-state index in [4.69, 9.17) is 14.2 Å². The lowest BCUT2D eigenvalue weighted by Gasteiger charge is -2.18. The normalized spacial score (nSPS) is 12.4. The van der Waals surface area contributed by atoms with Gasteiger partial charge in [0.05, 0.1) is 0 Å². The van der Waals surface area contributed by atoms with Gasteiger partial charge in [0.15, 0.2) is 6.10 Å². The summed E-state index contributed by atoms with van der Waals surface area (Å²) in [5.74, 6) is -0.907. The van der Waals surface area contributed by atoms with Crippen LogP contribution in [-0.2, 0) is 28.6 Å². The van der Waals surface area contributed by atoms with Crippen LogP contribution in [0, 0.1) is 0 Å². The van der Waals surface area contributed by atoms with Crippen LogP contribution in [0.15, 0.2) is 48.6 Å². The molecule has 0 aliphatic rings. The molecule has 1 atom stereocenters. The van der Waals surface area contributed by atoms with E-state index in [-0.39, 0.29) is 31.1 Å². The van der Waals surface area contributed by atoms with E-state index in [1.165, 1.54) is 128 Å². The maximum absolute atomic E-state index is 12.8. The summed E-state index contributed by atoms with van der Waals surface area (Å²) >= 11 is 0. The molecule has 0 amide bonds. The van der Waals surface area contributed by atoms with Crippen molar-refractivity contribution < 1.29 is 28.6 Å². The SMILES string of the molecule is CCCCC/C=C\C/C=C\C/C=C\CCCCCCC(=O)OC[C@@H](COC(=O)CCCCCCCCCCCC)OC(=O)CCCCCCC/C=C\CCCCCCCCC. The minimum atomic E-state index is -0.783. The van der Waals surface area contributed by atoms with Crippen molar-refractivity contribution in [1.82, 2.24) is 0 Å². The number of rotatable bonds is 47. The van der Waals surface area contributed by atoms with Gasteiger partial charge in [0.25, 0.3) is 0 Å². The highest BCUT2D eigenvalue weighted by molar-refractivity contribution is 5.71. The Hall–Kier alpha value is -2.63. The molecule has 0 radical (unpaired) electrons. The monoisotopic (exact) mass is 855 g/mol. The molecule has 0 bridgehead atoms. The van der Waals surface area contributed by atoms with Crippen LogP contribution in [0.2, 0.25) is 0 Å². The zero-order valence-corrected chi connectivity index (χ0v) is 40.4. The highest BCUT2D eigenvalue weighted by Crippen LogP contribution is 2.14. The van der Waals surface area contributed by atoms with E-state index in [1.54, 1.807) is 0 Å². The molecular formula is C55H98O6. The summed E-state index contributed by atoms with van der Waals surface area (Å²) in [5.41, 5.74) is 0. The van der Waals surface area contributed by atoms with Gasteiger partial charge in [-0.25, -0.2) is 0 Å². The average Bonchev–Trinajstić information content (AvgIpc) is 3.26. The van der Waals surface area contributed by atoms with Crippen LogP contribution < -0.4 is 0 Å². The Morgan fingerprint density at radius 2 is 0.590 bits per heavy atom. The molecule has 0 aromatic rings.